The third kappa shape index (κ3) is 3.35. The van der Waals surface area contributed by atoms with Gasteiger partial charge in [0.25, 0.3) is 0 Å². The number of thioether (sulfide) groups is 1. The van der Waals surface area contributed by atoms with Crippen LogP contribution >= 0.6 is 11.8 Å². The van der Waals surface area contributed by atoms with Gasteiger partial charge in [-0.2, -0.15) is 0 Å². The highest BCUT2D eigenvalue weighted by molar-refractivity contribution is 8.00. The molecule has 1 aliphatic rings. The lowest BCUT2D eigenvalue weighted by Crippen LogP contribution is -2.16. The second-order valence-corrected chi connectivity index (χ2v) is 6.43. The Kier molecular flexibility index (Phi) is 4.81. The van der Waals surface area contributed by atoms with E-state index in [1.807, 2.05) is 23.9 Å². The van der Waals surface area contributed by atoms with Gasteiger partial charge in [0.05, 0.1) is 7.11 Å². The van der Waals surface area contributed by atoms with Crippen molar-refractivity contribution in [2.24, 2.45) is 5.92 Å². The lowest BCUT2D eigenvalue weighted by Gasteiger charge is -2.28. The van der Waals surface area contributed by atoms with Gasteiger partial charge in [0.1, 0.15) is 5.75 Å². The summed E-state index contributed by atoms with van der Waals surface area (Å²) < 4.78 is 5.42. The summed E-state index contributed by atoms with van der Waals surface area (Å²) in [5.41, 5.74) is 6.56. The summed E-state index contributed by atoms with van der Waals surface area (Å²) in [6.45, 7) is 2.31. The first-order valence-corrected chi connectivity index (χ1v) is 7.71. The fraction of sp³-hybridized carbons (Fsp3) is 0.600. The molecule has 2 nitrogen and oxygen atoms in total. The Morgan fingerprint density at radius 3 is 2.94 bits per heavy atom. The Morgan fingerprint density at radius 1 is 1.39 bits per heavy atom. The number of benzene rings is 1. The van der Waals surface area contributed by atoms with Crippen LogP contribution in [0.1, 0.15) is 39.0 Å². The molecule has 1 fully saturated rings. The average molecular weight is 265 g/mol. The number of methoxy groups -OCH3 is 1. The van der Waals surface area contributed by atoms with Crippen molar-refractivity contribution >= 4 is 17.4 Å². The van der Waals surface area contributed by atoms with Gasteiger partial charge in [0, 0.05) is 21.9 Å². The third-order valence-electron chi connectivity index (χ3n) is 3.79. The monoisotopic (exact) mass is 265 g/mol. The molecule has 0 saturated heterocycles. The number of hydrogen-bond donors (Lipinski definition) is 1. The van der Waals surface area contributed by atoms with Crippen LogP contribution in [0.25, 0.3) is 0 Å². The van der Waals surface area contributed by atoms with Crippen molar-refractivity contribution in [3.63, 3.8) is 0 Å². The maximum Gasteiger partial charge on any atom is 0.134 e. The predicted octanol–water partition coefficient (Wildman–Crippen LogP) is 4.34. The first-order chi connectivity index (χ1) is 8.72. The van der Waals surface area contributed by atoms with E-state index >= 15 is 0 Å². The maximum absolute atomic E-state index is 5.79. The van der Waals surface area contributed by atoms with Gasteiger partial charge in [-0.25, -0.2) is 0 Å². The summed E-state index contributed by atoms with van der Waals surface area (Å²) in [7, 11) is 1.72. The predicted molar refractivity (Wildman–Crippen MR) is 79.3 cm³/mol. The van der Waals surface area contributed by atoms with Crippen LogP contribution in [-0.2, 0) is 0 Å². The van der Waals surface area contributed by atoms with Crippen LogP contribution in [0.4, 0.5) is 5.69 Å². The molecule has 18 heavy (non-hydrogen) atoms. The number of rotatable bonds is 4. The highest BCUT2D eigenvalue weighted by Gasteiger charge is 2.22. The molecule has 1 aromatic carbocycles. The first-order valence-electron chi connectivity index (χ1n) is 6.83. The Labute approximate surface area is 114 Å². The van der Waals surface area contributed by atoms with E-state index in [9.17, 15) is 0 Å². The van der Waals surface area contributed by atoms with Crippen molar-refractivity contribution in [3.8, 4) is 5.75 Å². The van der Waals surface area contributed by atoms with Crippen molar-refractivity contribution in [2.45, 2.75) is 49.2 Å². The number of nitrogens with two attached hydrogens (primary N) is 1. The van der Waals surface area contributed by atoms with Crippen LogP contribution in [0.15, 0.2) is 23.1 Å². The smallest absolute Gasteiger partial charge is 0.134 e. The second kappa shape index (κ2) is 6.37. The molecule has 2 atom stereocenters. The molecule has 0 aromatic heterocycles. The zero-order valence-corrected chi connectivity index (χ0v) is 12.1. The molecule has 1 saturated carbocycles. The van der Waals surface area contributed by atoms with Crippen LogP contribution in [0.3, 0.4) is 0 Å². The number of ether oxygens (including phenoxy) is 1. The summed E-state index contributed by atoms with van der Waals surface area (Å²) in [5, 5.41) is 0.737. The molecule has 0 bridgehead atoms. The van der Waals surface area contributed by atoms with Gasteiger partial charge < -0.3 is 10.5 Å². The SMILES string of the molecule is CCC1CCCC(Sc2ccc(N)cc2OC)C1. The van der Waals surface area contributed by atoms with E-state index < -0.39 is 0 Å². The summed E-state index contributed by atoms with van der Waals surface area (Å²) in [5.74, 6) is 1.83. The van der Waals surface area contributed by atoms with Crippen LogP contribution in [-0.4, -0.2) is 12.4 Å². The lowest BCUT2D eigenvalue weighted by atomic mass is 9.87. The number of hydrogen-bond acceptors (Lipinski definition) is 3. The van der Waals surface area contributed by atoms with Gasteiger partial charge in [0.15, 0.2) is 0 Å². The highest BCUT2D eigenvalue weighted by Crippen LogP contribution is 2.41. The van der Waals surface area contributed by atoms with E-state index in [4.69, 9.17) is 10.5 Å². The molecule has 3 heteroatoms. The highest BCUT2D eigenvalue weighted by atomic mass is 32.2. The van der Waals surface area contributed by atoms with Crippen molar-refractivity contribution in [1.29, 1.82) is 0 Å². The van der Waals surface area contributed by atoms with Crippen LogP contribution < -0.4 is 10.5 Å². The fourth-order valence-corrected chi connectivity index (χ4v) is 4.10. The minimum absolute atomic E-state index is 0.737. The fourth-order valence-electron chi connectivity index (χ4n) is 2.68. The maximum atomic E-state index is 5.79. The number of nitrogen functional groups attached to an aromatic ring is 1. The Bertz CT molecular complexity index is 394. The van der Waals surface area contributed by atoms with Crippen molar-refractivity contribution < 1.29 is 4.74 Å². The van der Waals surface area contributed by atoms with Crippen LogP contribution in [0.2, 0.25) is 0 Å². The standard InChI is InChI=1S/C15H23NOS/c1-3-11-5-4-6-13(9-11)18-15-8-7-12(16)10-14(15)17-2/h7-8,10-11,13H,3-6,9,16H2,1-2H3. The summed E-state index contributed by atoms with van der Waals surface area (Å²) in [6, 6.07) is 5.97. The summed E-state index contributed by atoms with van der Waals surface area (Å²) >= 11 is 1.96. The molecule has 0 amide bonds. The van der Waals surface area contributed by atoms with Gasteiger partial charge in [-0.3, -0.25) is 0 Å². The van der Waals surface area contributed by atoms with E-state index in [2.05, 4.69) is 13.0 Å². The summed E-state index contributed by atoms with van der Waals surface area (Å²) in [4.78, 5) is 1.23. The van der Waals surface area contributed by atoms with E-state index in [0.29, 0.717) is 0 Å². The van der Waals surface area contributed by atoms with Crippen molar-refractivity contribution in [1.82, 2.24) is 0 Å². The first kappa shape index (κ1) is 13.6. The molecule has 2 rings (SSSR count). The molecule has 1 aliphatic carbocycles. The van der Waals surface area contributed by atoms with E-state index in [0.717, 1.165) is 22.6 Å². The molecule has 0 heterocycles. The Morgan fingerprint density at radius 2 is 2.22 bits per heavy atom. The van der Waals surface area contributed by atoms with Gasteiger partial charge in [-0.05, 0) is 30.9 Å². The Balaban J connectivity index is 2.04. The largest absolute Gasteiger partial charge is 0.496 e. The van der Waals surface area contributed by atoms with E-state index in [1.54, 1.807) is 7.11 Å². The van der Waals surface area contributed by atoms with Crippen molar-refractivity contribution in [3.05, 3.63) is 18.2 Å². The Hall–Kier alpha value is -0.830. The zero-order chi connectivity index (χ0) is 13.0. The molecule has 0 aliphatic heterocycles. The van der Waals surface area contributed by atoms with E-state index in [1.165, 1.54) is 37.0 Å². The molecule has 0 radical (unpaired) electrons. The van der Waals surface area contributed by atoms with Gasteiger partial charge in [-0.1, -0.05) is 26.2 Å². The van der Waals surface area contributed by atoms with Crippen LogP contribution in [0, 0.1) is 5.92 Å². The molecular formula is C15H23NOS. The molecule has 2 N–H and O–H groups in total. The minimum atomic E-state index is 0.737. The topological polar surface area (TPSA) is 35.2 Å². The van der Waals surface area contributed by atoms with Gasteiger partial charge in [-0.15, -0.1) is 11.8 Å². The van der Waals surface area contributed by atoms with Crippen molar-refractivity contribution in [2.75, 3.05) is 12.8 Å². The van der Waals surface area contributed by atoms with E-state index in [-0.39, 0.29) is 0 Å². The van der Waals surface area contributed by atoms with Crippen LogP contribution in [0.5, 0.6) is 5.75 Å². The molecular weight excluding hydrogens is 242 g/mol. The second-order valence-electron chi connectivity index (χ2n) is 5.09. The number of anilines is 1. The quantitative estimate of drug-likeness (QED) is 0.823. The lowest BCUT2D eigenvalue weighted by molar-refractivity contribution is 0.357. The molecule has 2 unspecified atom stereocenters. The minimum Gasteiger partial charge on any atom is -0.496 e. The summed E-state index contributed by atoms with van der Waals surface area (Å²) in [6.07, 6.45) is 6.76. The zero-order valence-electron chi connectivity index (χ0n) is 11.3. The molecule has 100 valence electrons. The van der Waals surface area contributed by atoms with Gasteiger partial charge >= 0.3 is 0 Å². The third-order valence-corrected chi connectivity index (χ3v) is 5.15. The normalized spacial score (nSPS) is 23.9. The molecule has 0 spiro atoms. The molecule has 1 aromatic rings. The van der Waals surface area contributed by atoms with Gasteiger partial charge in [0.2, 0.25) is 0 Å². The average Bonchev–Trinajstić information content (AvgIpc) is 2.41.